The van der Waals surface area contributed by atoms with Gasteiger partial charge in [-0.2, -0.15) is 0 Å². The van der Waals surface area contributed by atoms with E-state index in [0.29, 0.717) is 18.5 Å². The summed E-state index contributed by atoms with van der Waals surface area (Å²) in [5.41, 5.74) is 6.48. The van der Waals surface area contributed by atoms with Crippen molar-refractivity contribution in [2.24, 2.45) is 5.92 Å². The van der Waals surface area contributed by atoms with E-state index in [1.54, 1.807) is 18.3 Å². The lowest BCUT2D eigenvalue weighted by Gasteiger charge is -2.52. The Morgan fingerprint density at radius 1 is 1.15 bits per heavy atom. The Bertz CT molecular complexity index is 795. The molecule has 2 aromatic rings. The lowest BCUT2D eigenvalue weighted by Crippen LogP contribution is -2.59. The molecular weight excluding hydrogens is 326 g/mol. The van der Waals surface area contributed by atoms with E-state index in [2.05, 4.69) is 4.98 Å². The molecule has 1 amide bonds. The fourth-order valence-electron chi connectivity index (χ4n) is 4.77. The fourth-order valence-corrected chi connectivity index (χ4v) is 4.77. The Hall–Kier alpha value is -2.40. The maximum Gasteiger partial charge on any atom is 0.257 e. The quantitative estimate of drug-likeness (QED) is 0.872. The number of likely N-dealkylation sites (tertiary alicyclic amines) is 1. The molecule has 26 heavy (non-hydrogen) atoms. The van der Waals surface area contributed by atoms with Gasteiger partial charge < -0.3 is 15.7 Å². The van der Waals surface area contributed by atoms with Crippen LogP contribution < -0.4 is 5.73 Å². The van der Waals surface area contributed by atoms with E-state index in [4.69, 9.17) is 5.73 Å². The number of fused-ring (bicyclic) bond motifs is 1. The van der Waals surface area contributed by atoms with Gasteiger partial charge in [0.15, 0.2) is 0 Å². The van der Waals surface area contributed by atoms with Crippen LogP contribution in [-0.4, -0.2) is 33.5 Å². The van der Waals surface area contributed by atoms with E-state index < -0.39 is 5.60 Å². The van der Waals surface area contributed by atoms with E-state index in [9.17, 15) is 9.90 Å². The third kappa shape index (κ3) is 2.76. The van der Waals surface area contributed by atoms with Crippen LogP contribution in [-0.2, 0) is 5.60 Å². The second kappa shape index (κ2) is 6.72. The summed E-state index contributed by atoms with van der Waals surface area (Å²) in [5.74, 6) is 0.255. The maximum absolute atomic E-state index is 13.1. The molecule has 0 radical (unpaired) electrons. The number of amides is 1. The van der Waals surface area contributed by atoms with Crippen LogP contribution in [0.15, 0.2) is 48.7 Å². The zero-order chi connectivity index (χ0) is 18.1. The van der Waals surface area contributed by atoms with Crippen LogP contribution in [0.5, 0.6) is 0 Å². The summed E-state index contributed by atoms with van der Waals surface area (Å²) in [7, 11) is 0. The van der Waals surface area contributed by atoms with Crippen molar-refractivity contribution in [3.8, 4) is 0 Å². The number of pyridine rings is 1. The summed E-state index contributed by atoms with van der Waals surface area (Å²) in [6.45, 7) is 0.528. The number of nitrogens with zero attached hydrogens (tertiary/aromatic N) is 2. The minimum atomic E-state index is -0.871. The van der Waals surface area contributed by atoms with Crippen molar-refractivity contribution in [2.45, 2.75) is 43.7 Å². The van der Waals surface area contributed by atoms with Gasteiger partial charge in [-0.3, -0.25) is 4.79 Å². The van der Waals surface area contributed by atoms with Gasteiger partial charge in [0.2, 0.25) is 0 Å². The standard InChI is InChI=1S/C21H25N3O2/c22-19-16(9-6-13-23-19)20(25)24-14-12-21(26,15-7-2-1-3-8-15)17-10-4-5-11-18(17)24/h1-3,6-9,13,17-18,26H,4-5,10-12,14H2,(H2,22,23)/t17-,18-,21?/m0/s1. The van der Waals surface area contributed by atoms with Crippen LogP contribution in [0.25, 0.3) is 0 Å². The highest BCUT2D eigenvalue weighted by molar-refractivity contribution is 5.98. The summed E-state index contributed by atoms with van der Waals surface area (Å²) in [4.78, 5) is 19.1. The molecular formula is C21H25N3O2. The maximum atomic E-state index is 13.1. The van der Waals surface area contributed by atoms with Gasteiger partial charge >= 0.3 is 0 Å². The van der Waals surface area contributed by atoms with Crippen LogP contribution in [0.2, 0.25) is 0 Å². The summed E-state index contributed by atoms with van der Waals surface area (Å²) >= 11 is 0. The molecule has 4 rings (SSSR count). The third-order valence-electron chi connectivity index (χ3n) is 6.08. The van der Waals surface area contributed by atoms with E-state index in [0.717, 1.165) is 31.2 Å². The zero-order valence-electron chi connectivity index (χ0n) is 14.8. The molecule has 3 atom stereocenters. The smallest absolute Gasteiger partial charge is 0.257 e. The molecule has 2 fully saturated rings. The van der Waals surface area contributed by atoms with Gasteiger partial charge in [-0.05, 0) is 37.0 Å². The van der Waals surface area contributed by atoms with Crippen molar-refractivity contribution in [3.05, 3.63) is 59.8 Å². The lowest BCUT2D eigenvalue weighted by molar-refractivity contribution is -0.110. The molecule has 1 saturated carbocycles. The number of anilines is 1. The number of benzene rings is 1. The van der Waals surface area contributed by atoms with Crippen molar-refractivity contribution in [1.82, 2.24) is 9.88 Å². The van der Waals surface area contributed by atoms with E-state index >= 15 is 0 Å². The Balaban J connectivity index is 1.67. The second-order valence-electron chi connectivity index (χ2n) is 7.43. The zero-order valence-corrected chi connectivity index (χ0v) is 14.8. The van der Waals surface area contributed by atoms with Gasteiger partial charge in [0, 0.05) is 24.7 Å². The van der Waals surface area contributed by atoms with E-state index in [-0.39, 0.29) is 23.7 Å². The number of carbonyl (C=O) groups excluding carboxylic acids is 1. The van der Waals surface area contributed by atoms with Gasteiger partial charge in [0.25, 0.3) is 5.91 Å². The molecule has 2 heterocycles. The molecule has 5 heteroatoms. The number of nitrogen functional groups attached to an aromatic ring is 1. The molecule has 1 saturated heterocycles. The SMILES string of the molecule is Nc1ncccc1C(=O)N1CCC(O)(c2ccccc2)[C@H]2CCCC[C@@H]21. The Labute approximate surface area is 153 Å². The monoisotopic (exact) mass is 351 g/mol. The number of carbonyl (C=O) groups is 1. The first kappa shape index (κ1) is 17.0. The highest BCUT2D eigenvalue weighted by atomic mass is 16.3. The first-order chi connectivity index (χ1) is 12.6. The highest BCUT2D eigenvalue weighted by Gasteiger charge is 2.50. The summed E-state index contributed by atoms with van der Waals surface area (Å²) in [6, 6.07) is 13.4. The molecule has 0 spiro atoms. The predicted molar refractivity (Wildman–Crippen MR) is 100 cm³/mol. The van der Waals surface area contributed by atoms with Gasteiger partial charge in [-0.1, -0.05) is 43.2 Å². The molecule has 2 aliphatic rings. The number of piperidine rings is 1. The van der Waals surface area contributed by atoms with Crippen LogP contribution in [0.3, 0.4) is 0 Å². The van der Waals surface area contributed by atoms with Crippen LogP contribution in [0.4, 0.5) is 5.82 Å². The van der Waals surface area contributed by atoms with E-state index in [1.165, 1.54) is 0 Å². The van der Waals surface area contributed by atoms with Crippen LogP contribution >= 0.6 is 0 Å². The van der Waals surface area contributed by atoms with Crippen molar-refractivity contribution in [1.29, 1.82) is 0 Å². The highest BCUT2D eigenvalue weighted by Crippen LogP contribution is 2.47. The molecule has 1 aromatic heterocycles. The molecule has 5 nitrogen and oxygen atoms in total. The number of nitrogens with two attached hydrogens (primary N) is 1. The lowest BCUT2D eigenvalue weighted by atomic mass is 9.66. The number of aliphatic hydroxyl groups is 1. The first-order valence-electron chi connectivity index (χ1n) is 9.40. The molecule has 1 aliphatic carbocycles. The van der Waals surface area contributed by atoms with E-state index in [1.807, 2.05) is 35.2 Å². The number of hydrogen-bond donors (Lipinski definition) is 2. The molecule has 1 aliphatic heterocycles. The molecule has 0 bridgehead atoms. The molecule has 136 valence electrons. The first-order valence-corrected chi connectivity index (χ1v) is 9.40. The number of aromatic nitrogens is 1. The predicted octanol–water partition coefficient (Wildman–Crippen LogP) is 2.96. The second-order valence-corrected chi connectivity index (χ2v) is 7.43. The van der Waals surface area contributed by atoms with Gasteiger partial charge in [-0.15, -0.1) is 0 Å². The number of rotatable bonds is 2. The Morgan fingerprint density at radius 2 is 1.92 bits per heavy atom. The topological polar surface area (TPSA) is 79.5 Å². The van der Waals surface area contributed by atoms with Gasteiger partial charge in [0.1, 0.15) is 5.82 Å². The van der Waals surface area contributed by atoms with Crippen molar-refractivity contribution >= 4 is 11.7 Å². The minimum absolute atomic E-state index is 0.0369. The minimum Gasteiger partial charge on any atom is -0.385 e. The van der Waals surface area contributed by atoms with Crippen LogP contribution in [0.1, 0.15) is 48.0 Å². The molecule has 1 unspecified atom stereocenters. The third-order valence-corrected chi connectivity index (χ3v) is 6.08. The van der Waals surface area contributed by atoms with Crippen molar-refractivity contribution in [2.75, 3.05) is 12.3 Å². The fraction of sp³-hybridized carbons (Fsp3) is 0.429. The average molecular weight is 351 g/mol. The van der Waals surface area contributed by atoms with Crippen LogP contribution in [0, 0.1) is 5.92 Å². The number of hydrogen-bond acceptors (Lipinski definition) is 4. The summed E-state index contributed by atoms with van der Waals surface area (Å²) in [5, 5.41) is 11.6. The Morgan fingerprint density at radius 3 is 2.69 bits per heavy atom. The van der Waals surface area contributed by atoms with Gasteiger partial charge in [0.05, 0.1) is 11.2 Å². The molecule has 1 aromatic carbocycles. The largest absolute Gasteiger partial charge is 0.385 e. The molecule has 3 N–H and O–H groups in total. The Kier molecular flexibility index (Phi) is 4.41. The van der Waals surface area contributed by atoms with Gasteiger partial charge in [-0.25, -0.2) is 4.98 Å². The normalized spacial score (nSPS) is 28.4. The van der Waals surface area contributed by atoms with Crippen molar-refractivity contribution < 1.29 is 9.90 Å². The summed E-state index contributed by atoms with van der Waals surface area (Å²) in [6.07, 6.45) is 6.17. The summed E-state index contributed by atoms with van der Waals surface area (Å²) < 4.78 is 0. The van der Waals surface area contributed by atoms with Crippen molar-refractivity contribution in [3.63, 3.8) is 0 Å². The average Bonchev–Trinajstić information content (AvgIpc) is 2.69.